The lowest BCUT2D eigenvalue weighted by molar-refractivity contribution is -0.117. The van der Waals surface area contributed by atoms with Crippen molar-refractivity contribution in [2.24, 2.45) is 0 Å². The number of benzene rings is 1. The Kier molecular flexibility index (Phi) is 5.86. The van der Waals surface area contributed by atoms with Gasteiger partial charge in [-0.05, 0) is 56.6 Å². The number of hydrogen-bond acceptors (Lipinski definition) is 2. The standard InChI is InChI=1S/C16H23ClN2O/c1-13-11-14(17)7-8-15(13)18-16(20)12-19-9-5-3-2-4-6-10-19/h7-8,11H,2-6,9-10,12H2,1H3,(H,18,20). The van der Waals surface area contributed by atoms with Gasteiger partial charge in [-0.2, -0.15) is 0 Å². The van der Waals surface area contributed by atoms with Crippen molar-refractivity contribution in [3.63, 3.8) is 0 Å². The molecule has 110 valence electrons. The van der Waals surface area contributed by atoms with Crippen molar-refractivity contribution >= 4 is 23.2 Å². The molecule has 0 unspecified atom stereocenters. The zero-order valence-electron chi connectivity index (χ0n) is 12.1. The topological polar surface area (TPSA) is 32.3 Å². The molecule has 0 bridgehead atoms. The van der Waals surface area contributed by atoms with E-state index in [0.29, 0.717) is 11.6 Å². The maximum Gasteiger partial charge on any atom is 0.238 e. The zero-order chi connectivity index (χ0) is 14.4. The maximum absolute atomic E-state index is 12.1. The average Bonchev–Trinajstić information content (AvgIpc) is 2.36. The second-order valence-electron chi connectivity index (χ2n) is 5.55. The minimum Gasteiger partial charge on any atom is -0.325 e. The lowest BCUT2D eigenvalue weighted by Crippen LogP contribution is -2.35. The minimum atomic E-state index is 0.0657. The number of halogens is 1. The van der Waals surface area contributed by atoms with E-state index in [1.54, 1.807) is 6.07 Å². The second kappa shape index (κ2) is 7.65. The van der Waals surface area contributed by atoms with Crippen molar-refractivity contribution < 1.29 is 4.79 Å². The fraction of sp³-hybridized carbons (Fsp3) is 0.562. The van der Waals surface area contributed by atoms with Gasteiger partial charge in [0, 0.05) is 10.7 Å². The smallest absolute Gasteiger partial charge is 0.238 e. The summed E-state index contributed by atoms with van der Waals surface area (Å²) in [6, 6.07) is 5.54. The van der Waals surface area contributed by atoms with E-state index < -0.39 is 0 Å². The van der Waals surface area contributed by atoms with E-state index in [1.807, 2.05) is 19.1 Å². The van der Waals surface area contributed by atoms with Gasteiger partial charge in [-0.3, -0.25) is 9.69 Å². The number of aryl methyl sites for hydroxylation is 1. The summed E-state index contributed by atoms with van der Waals surface area (Å²) in [6.45, 7) is 4.51. The Morgan fingerprint density at radius 2 is 1.85 bits per heavy atom. The highest BCUT2D eigenvalue weighted by Crippen LogP contribution is 2.19. The third kappa shape index (κ3) is 4.80. The van der Waals surface area contributed by atoms with Crippen LogP contribution in [0.5, 0.6) is 0 Å². The lowest BCUT2D eigenvalue weighted by Gasteiger charge is -2.23. The van der Waals surface area contributed by atoms with Crippen molar-refractivity contribution in [3.8, 4) is 0 Å². The van der Waals surface area contributed by atoms with Gasteiger partial charge in [0.05, 0.1) is 6.54 Å². The monoisotopic (exact) mass is 294 g/mol. The molecule has 0 atom stereocenters. The Morgan fingerprint density at radius 3 is 2.50 bits per heavy atom. The van der Waals surface area contributed by atoms with Crippen LogP contribution in [0, 0.1) is 6.92 Å². The van der Waals surface area contributed by atoms with E-state index in [2.05, 4.69) is 10.2 Å². The first kappa shape index (κ1) is 15.3. The second-order valence-corrected chi connectivity index (χ2v) is 5.99. The predicted molar refractivity (Wildman–Crippen MR) is 84.3 cm³/mol. The largest absolute Gasteiger partial charge is 0.325 e. The maximum atomic E-state index is 12.1. The van der Waals surface area contributed by atoms with E-state index in [4.69, 9.17) is 11.6 Å². The molecule has 2 rings (SSSR count). The van der Waals surface area contributed by atoms with Crippen molar-refractivity contribution in [2.45, 2.75) is 39.0 Å². The fourth-order valence-corrected chi connectivity index (χ4v) is 2.86. The van der Waals surface area contributed by atoms with Crippen LogP contribution in [0.25, 0.3) is 0 Å². The molecule has 1 amide bonds. The molecule has 1 aromatic carbocycles. The van der Waals surface area contributed by atoms with Gasteiger partial charge in [0.15, 0.2) is 0 Å². The number of carbonyl (C=O) groups excluding carboxylic acids is 1. The Hall–Kier alpha value is -1.06. The van der Waals surface area contributed by atoms with Gasteiger partial charge >= 0.3 is 0 Å². The molecule has 1 aromatic rings. The molecule has 1 fully saturated rings. The van der Waals surface area contributed by atoms with Crippen LogP contribution in [-0.2, 0) is 4.79 Å². The van der Waals surface area contributed by atoms with Crippen molar-refractivity contribution in [1.29, 1.82) is 0 Å². The molecule has 1 aliphatic heterocycles. The number of hydrogen-bond donors (Lipinski definition) is 1. The molecule has 1 aliphatic rings. The quantitative estimate of drug-likeness (QED) is 0.918. The summed E-state index contributed by atoms with van der Waals surface area (Å²) in [5, 5.41) is 3.68. The predicted octanol–water partition coefficient (Wildman–Crippen LogP) is 3.85. The summed E-state index contributed by atoms with van der Waals surface area (Å²) < 4.78 is 0. The van der Waals surface area contributed by atoms with Crippen LogP contribution in [-0.4, -0.2) is 30.4 Å². The van der Waals surface area contributed by atoms with Crippen LogP contribution in [0.1, 0.15) is 37.7 Å². The molecule has 1 heterocycles. The molecule has 0 spiro atoms. The van der Waals surface area contributed by atoms with Crippen LogP contribution < -0.4 is 5.32 Å². The van der Waals surface area contributed by atoms with Gasteiger partial charge in [-0.1, -0.05) is 30.9 Å². The summed E-state index contributed by atoms with van der Waals surface area (Å²) in [7, 11) is 0. The Balaban J connectivity index is 1.87. The normalized spacial score (nSPS) is 17.3. The molecule has 1 saturated heterocycles. The number of nitrogens with one attached hydrogen (secondary N) is 1. The first-order valence-electron chi connectivity index (χ1n) is 7.43. The molecule has 0 radical (unpaired) electrons. The number of anilines is 1. The Labute approximate surface area is 126 Å². The lowest BCUT2D eigenvalue weighted by atomic mass is 10.1. The highest BCUT2D eigenvalue weighted by Gasteiger charge is 2.13. The third-order valence-electron chi connectivity index (χ3n) is 3.78. The first-order valence-corrected chi connectivity index (χ1v) is 7.81. The van der Waals surface area contributed by atoms with Crippen LogP contribution in [0.4, 0.5) is 5.69 Å². The third-order valence-corrected chi connectivity index (χ3v) is 4.01. The Bertz CT molecular complexity index is 454. The van der Waals surface area contributed by atoms with E-state index in [1.165, 1.54) is 32.1 Å². The number of rotatable bonds is 3. The van der Waals surface area contributed by atoms with Crippen LogP contribution >= 0.6 is 11.6 Å². The van der Waals surface area contributed by atoms with E-state index in [9.17, 15) is 4.79 Å². The first-order chi connectivity index (χ1) is 9.65. The summed E-state index contributed by atoms with van der Waals surface area (Å²) in [5.74, 6) is 0.0657. The molecule has 20 heavy (non-hydrogen) atoms. The molecule has 1 N–H and O–H groups in total. The molecule has 0 aliphatic carbocycles. The van der Waals surface area contributed by atoms with Gasteiger partial charge in [-0.15, -0.1) is 0 Å². The average molecular weight is 295 g/mol. The van der Waals surface area contributed by atoms with E-state index >= 15 is 0 Å². The van der Waals surface area contributed by atoms with Crippen LogP contribution in [0.15, 0.2) is 18.2 Å². The fourth-order valence-electron chi connectivity index (χ4n) is 2.63. The van der Waals surface area contributed by atoms with E-state index in [-0.39, 0.29) is 5.91 Å². The van der Waals surface area contributed by atoms with Crippen molar-refractivity contribution in [2.75, 3.05) is 25.0 Å². The summed E-state index contributed by atoms with van der Waals surface area (Å²) in [5.41, 5.74) is 1.85. The SMILES string of the molecule is Cc1cc(Cl)ccc1NC(=O)CN1CCCCCCC1. The van der Waals surface area contributed by atoms with Gasteiger partial charge in [0.2, 0.25) is 5.91 Å². The van der Waals surface area contributed by atoms with Crippen LogP contribution in [0.2, 0.25) is 5.02 Å². The van der Waals surface area contributed by atoms with Gasteiger partial charge in [0.1, 0.15) is 0 Å². The van der Waals surface area contributed by atoms with Gasteiger partial charge < -0.3 is 5.32 Å². The summed E-state index contributed by atoms with van der Waals surface area (Å²) >= 11 is 5.92. The Morgan fingerprint density at radius 1 is 1.20 bits per heavy atom. The molecule has 3 nitrogen and oxygen atoms in total. The van der Waals surface area contributed by atoms with Gasteiger partial charge in [-0.25, -0.2) is 0 Å². The molecular weight excluding hydrogens is 272 g/mol. The molecule has 0 saturated carbocycles. The number of amides is 1. The molecular formula is C16H23ClN2O. The summed E-state index contributed by atoms with van der Waals surface area (Å²) in [6.07, 6.45) is 6.31. The van der Waals surface area contributed by atoms with Crippen molar-refractivity contribution in [1.82, 2.24) is 4.90 Å². The molecule has 4 heteroatoms. The highest BCUT2D eigenvalue weighted by atomic mass is 35.5. The zero-order valence-corrected chi connectivity index (χ0v) is 12.9. The number of carbonyl (C=O) groups is 1. The molecule has 0 aromatic heterocycles. The minimum absolute atomic E-state index is 0.0657. The van der Waals surface area contributed by atoms with Crippen LogP contribution in [0.3, 0.4) is 0 Å². The number of likely N-dealkylation sites (tertiary alicyclic amines) is 1. The van der Waals surface area contributed by atoms with Crippen molar-refractivity contribution in [3.05, 3.63) is 28.8 Å². The summed E-state index contributed by atoms with van der Waals surface area (Å²) in [4.78, 5) is 14.4. The number of nitrogens with zero attached hydrogens (tertiary/aromatic N) is 1. The van der Waals surface area contributed by atoms with Gasteiger partial charge in [0.25, 0.3) is 0 Å². The highest BCUT2D eigenvalue weighted by molar-refractivity contribution is 6.30. The van der Waals surface area contributed by atoms with E-state index in [0.717, 1.165) is 24.3 Å².